The van der Waals surface area contributed by atoms with E-state index in [4.69, 9.17) is 0 Å². The van der Waals surface area contributed by atoms with E-state index in [2.05, 4.69) is 36.5 Å². The lowest BCUT2D eigenvalue weighted by Gasteiger charge is -2.23. The van der Waals surface area contributed by atoms with Crippen molar-refractivity contribution in [3.8, 4) is 0 Å². The fourth-order valence-corrected chi connectivity index (χ4v) is 4.04. The van der Waals surface area contributed by atoms with Gasteiger partial charge in [0.05, 0.1) is 5.54 Å². The van der Waals surface area contributed by atoms with E-state index in [9.17, 15) is 4.79 Å². The van der Waals surface area contributed by atoms with Gasteiger partial charge in [-0.1, -0.05) is 19.3 Å². The van der Waals surface area contributed by atoms with Gasteiger partial charge in [-0.3, -0.25) is 9.48 Å². The lowest BCUT2D eigenvalue weighted by atomic mass is 9.95. The van der Waals surface area contributed by atoms with Crippen LogP contribution in [0.2, 0.25) is 0 Å². The molecule has 2 aliphatic rings. The topological polar surface area (TPSA) is 59.0 Å². The summed E-state index contributed by atoms with van der Waals surface area (Å²) in [6, 6.07) is 10.6. The average Bonchev–Trinajstić information content (AvgIpc) is 3.41. The van der Waals surface area contributed by atoms with E-state index in [-0.39, 0.29) is 11.4 Å². The second-order valence-electron chi connectivity index (χ2n) is 9.32. The van der Waals surface area contributed by atoms with Crippen LogP contribution < -0.4 is 10.6 Å². The standard InChI is InChI=1S/C23H32N4O/c1-23(2,3)27-21(16-9-10-16)15-20(26-27)22(28)25-19-13-11-18(12-14-19)24-17-7-5-4-6-8-17/h11-17,24H,4-10H2,1-3H3,(H,25,28). The van der Waals surface area contributed by atoms with Crippen LogP contribution in [-0.2, 0) is 5.54 Å². The van der Waals surface area contributed by atoms with Crippen molar-refractivity contribution >= 4 is 17.3 Å². The van der Waals surface area contributed by atoms with Gasteiger partial charge >= 0.3 is 0 Å². The van der Waals surface area contributed by atoms with Crippen molar-refractivity contribution in [1.82, 2.24) is 9.78 Å². The first kappa shape index (κ1) is 19.0. The number of anilines is 2. The van der Waals surface area contributed by atoms with Crippen molar-refractivity contribution in [2.24, 2.45) is 0 Å². The molecule has 1 aromatic heterocycles. The summed E-state index contributed by atoms with van der Waals surface area (Å²) < 4.78 is 2.02. The van der Waals surface area contributed by atoms with Crippen molar-refractivity contribution in [3.63, 3.8) is 0 Å². The Morgan fingerprint density at radius 1 is 1.00 bits per heavy atom. The van der Waals surface area contributed by atoms with Gasteiger partial charge < -0.3 is 10.6 Å². The zero-order valence-electron chi connectivity index (χ0n) is 17.3. The Morgan fingerprint density at radius 3 is 2.25 bits per heavy atom. The van der Waals surface area contributed by atoms with Gasteiger partial charge in [-0.05, 0) is 76.8 Å². The summed E-state index contributed by atoms with van der Waals surface area (Å²) in [5.41, 5.74) is 3.49. The molecule has 150 valence electrons. The van der Waals surface area contributed by atoms with Crippen LogP contribution in [0.5, 0.6) is 0 Å². The quantitative estimate of drug-likeness (QED) is 0.719. The number of hydrogen-bond donors (Lipinski definition) is 2. The number of carbonyl (C=O) groups is 1. The number of rotatable bonds is 5. The predicted octanol–water partition coefficient (Wildman–Crippen LogP) is 5.51. The molecule has 1 amide bonds. The second-order valence-corrected chi connectivity index (χ2v) is 9.32. The molecule has 5 heteroatoms. The highest BCUT2D eigenvalue weighted by atomic mass is 16.2. The molecule has 4 rings (SSSR count). The minimum absolute atomic E-state index is 0.122. The third kappa shape index (κ3) is 4.40. The number of benzene rings is 1. The highest BCUT2D eigenvalue weighted by Gasteiger charge is 2.32. The highest BCUT2D eigenvalue weighted by Crippen LogP contribution is 2.41. The molecule has 0 aliphatic heterocycles. The fraction of sp³-hybridized carbons (Fsp3) is 0.565. The Kier molecular flexibility index (Phi) is 5.17. The van der Waals surface area contributed by atoms with Crippen LogP contribution in [0.1, 0.15) is 87.8 Å². The van der Waals surface area contributed by atoms with Crippen LogP contribution in [0.4, 0.5) is 11.4 Å². The number of aromatic nitrogens is 2. The summed E-state index contributed by atoms with van der Waals surface area (Å²) in [5, 5.41) is 11.2. The molecule has 2 N–H and O–H groups in total. The van der Waals surface area contributed by atoms with Crippen LogP contribution in [0.25, 0.3) is 0 Å². The van der Waals surface area contributed by atoms with E-state index in [1.807, 2.05) is 35.0 Å². The maximum Gasteiger partial charge on any atom is 0.276 e. The first-order valence-corrected chi connectivity index (χ1v) is 10.7. The van der Waals surface area contributed by atoms with Crippen LogP contribution >= 0.6 is 0 Å². The molecule has 2 saturated carbocycles. The number of amides is 1. The predicted molar refractivity (Wildman–Crippen MR) is 114 cm³/mol. The van der Waals surface area contributed by atoms with Crippen LogP contribution in [0, 0.1) is 0 Å². The van der Waals surface area contributed by atoms with E-state index >= 15 is 0 Å². The van der Waals surface area contributed by atoms with Crippen molar-refractivity contribution in [3.05, 3.63) is 41.7 Å². The molecule has 0 spiro atoms. The van der Waals surface area contributed by atoms with Gasteiger partial charge in [-0.25, -0.2) is 0 Å². The molecule has 28 heavy (non-hydrogen) atoms. The van der Waals surface area contributed by atoms with Gasteiger partial charge in [0.25, 0.3) is 5.91 Å². The maximum atomic E-state index is 12.7. The van der Waals surface area contributed by atoms with Crippen molar-refractivity contribution in [2.45, 2.75) is 83.2 Å². The first-order chi connectivity index (χ1) is 13.4. The molecule has 2 aliphatic carbocycles. The molecule has 2 aromatic rings. The summed E-state index contributed by atoms with van der Waals surface area (Å²) >= 11 is 0. The largest absolute Gasteiger partial charge is 0.382 e. The molecular formula is C23H32N4O. The Morgan fingerprint density at radius 2 is 1.64 bits per heavy atom. The average molecular weight is 381 g/mol. The Balaban J connectivity index is 1.42. The Bertz CT molecular complexity index is 821. The molecule has 2 fully saturated rings. The molecule has 5 nitrogen and oxygen atoms in total. The van der Waals surface area contributed by atoms with E-state index in [1.165, 1.54) is 50.6 Å². The minimum atomic E-state index is -0.141. The number of carbonyl (C=O) groups excluding carboxylic acids is 1. The molecule has 0 atom stereocenters. The summed E-state index contributed by atoms with van der Waals surface area (Å²) in [4.78, 5) is 12.7. The minimum Gasteiger partial charge on any atom is -0.382 e. The molecule has 0 saturated heterocycles. The lowest BCUT2D eigenvalue weighted by molar-refractivity contribution is 0.102. The summed E-state index contributed by atoms with van der Waals surface area (Å²) in [6.45, 7) is 6.39. The molecule has 0 unspecified atom stereocenters. The summed E-state index contributed by atoms with van der Waals surface area (Å²) in [5.74, 6) is 0.413. The summed E-state index contributed by atoms with van der Waals surface area (Å²) in [6.07, 6.45) is 8.87. The van der Waals surface area contributed by atoms with E-state index in [1.54, 1.807) is 0 Å². The second kappa shape index (κ2) is 7.61. The van der Waals surface area contributed by atoms with Crippen molar-refractivity contribution < 1.29 is 4.79 Å². The van der Waals surface area contributed by atoms with Gasteiger partial charge in [0.2, 0.25) is 0 Å². The molecular weight excluding hydrogens is 348 g/mol. The van der Waals surface area contributed by atoms with Crippen LogP contribution in [0.15, 0.2) is 30.3 Å². The van der Waals surface area contributed by atoms with Gasteiger partial charge in [-0.2, -0.15) is 5.10 Å². The highest BCUT2D eigenvalue weighted by molar-refractivity contribution is 6.03. The van der Waals surface area contributed by atoms with Gasteiger partial charge in [-0.15, -0.1) is 0 Å². The van der Waals surface area contributed by atoms with Gasteiger partial charge in [0.1, 0.15) is 0 Å². The maximum absolute atomic E-state index is 12.7. The molecule has 1 heterocycles. The van der Waals surface area contributed by atoms with Crippen molar-refractivity contribution in [1.29, 1.82) is 0 Å². The molecule has 1 aromatic carbocycles. The third-order valence-corrected chi connectivity index (χ3v) is 5.72. The zero-order chi connectivity index (χ0) is 19.7. The lowest BCUT2D eigenvalue weighted by Crippen LogP contribution is -2.25. The van der Waals surface area contributed by atoms with Gasteiger partial charge in [0, 0.05) is 29.0 Å². The van der Waals surface area contributed by atoms with E-state index in [0.29, 0.717) is 17.7 Å². The smallest absolute Gasteiger partial charge is 0.276 e. The van der Waals surface area contributed by atoms with Crippen LogP contribution in [-0.4, -0.2) is 21.7 Å². The number of hydrogen-bond acceptors (Lipinski definition) is 3. The van der Waals surface area contributed by atoms with Crippen LogP contribution in [0.3, 0.4) is 0 Å². The number of nitrogens with one attached hydrogen (secondary N) is 2. The van der Waals surface area contributed by atoms with E-state index < -0.39 is 0 Å². The fourth-order valence-electron chi connectivity index (χ4n) is 4.04. The normalized spacial score (nSPS) is 18.1. The molecule has 0 radical (unpaired) electrons. The van der Waals surface area contributed by atoms with E-state index in [0.717, 1.165) is 11.4 Å². The zero-order valence-corrected chi connectivity index (χ0v) is 17.3. The van der Waals surface area contributed by atoms with Crippen molar-refractivity contribution in [2.75, 3.05) is 10.6 Å². The summed E-state index contributed by atoms with van der Waals surface area (Å²) in [7, 11) is 0. The van der Waals surface area contributed by atoms with Gasteiger partial charge in [0.15, 0.2) is 5.69 Å². The Hall–Kier alpha value is -2.30. The Labute approximate surface area is 167 Å². The third-order valence-electron chi connectivity index (χ3n) is 5.72. The first-order valence-electron chi connectivity index (χ1n) is 10.7. The monoisotopic (exact) mass is 380 g/mol. The SMILES string of the molecule is CC(C)(C)n1nc(C(=O)Nc2ccc(NC3CCCCC3)cc2)cc1C1CC1. The molecule has 0 bridgehead atoms. The number of nitrogens with zero attached hydrogens (tertiary/aromatic N) is 2.